The normalized spacial score (nSPS) is 13.3. The lowest BCUT2D eigenvalue weighted by Gasteiger charge is -2.34. The Balaban J connectivity index is 1.10. The number of nitrogens with zero attached hydrogens (tertiary/aromatic N) is 2. The molecule has 10 aromatic rings. The fourth-order valence-electron chi connectivity index (χ4n) is 10.6. The zero-order valence-corrected chi connectivity index (χ0v) is 35.8. The summed E-state index contributed by atoms with van der Waals surface area (Å²) in [4.78, 5) is 0. The molecule has 1 aliphatic carbocycles. The van der Waals surface area contributed by atoms with Gasteiger partial charge in [-0.25, -0.2) is 0 Å². The van der Waals surface area contributed by atoms with Crippen LogP contribution in [0.1, 0.15) is 36.2 Å². The molecule has 61 heavy (non-hydrogen) atoms. The van der Waals surface area contributed by atoms with Gasteiger partial charge in [0.25, 0.3) is 0 Å². The molecular weight excluding hydrogens is 753 g/mol. The van der Waals surface area contributed by atoms with Crippen molar-refractivity contribution in [3.8, 4) is 22.5 Å². The Bertz CT molecular complexity index is 3290. The number of para-hydroxylation sites is 2. The number of rotatable bonds is 8. The molecule has 11 rings (SSSR count). The highest BCUT2D eigenvalue weighted by molar-refractivity contribution is 7.19. The number of aromatic nitrogens is 2. The third kappa shape index (κ3) is 5.47. The van der Waals surface area contributed by atoms with Crippen LogP contribution in [0.15, 0.2) is 213 Å². The number of allylic oxidation sites excluding steroid dienone is 2. The summed E-state index contributed by atoms with van der Waals surface area (Å²) in [6.07, 6.45) is 6.05. The number of fused-ring (bicyclic) bond motifs is 7. The summed E-state index contributed by atoms with van der Waals surface area (Å²) < 4.78 is 4.87. The molecule has 1 aliphatic rings. The highest BCUT2D eigenvalue weighted by Gasteiger charge is 2.42. The van der Waals surface area contributed by atoms with Crippen LogP contribution in [-0.4, -0.2) is 17.2 Å². The Morgan fingerprint density at radius 2 is 0.967 bits per heavy atom. The van der Waals surface area contributed by atoms with Crippen LogP contribution in [0.5, 0.6) is 0 Å². The third-order valence-corrected chi connectivity index (χ3v) is 18.3. The van der Waals surface area contributed by atoms with Gasteiger partial charge in [-0.3, -0.25) is 0 Å². The van der Waals surface area contributed by atoms with E-state index in [0.29, 0.717) is 0 Å². The van der Waals surface area contributed by atoms with E-state index in [-0.39, 0.29) is 5.41 Å². The van der Waals surface area contributed by atoms with Gasteiger partial charge in [0, 0.05) is 44.2 Å². The summed E-state index contributed by atoms with van der Waals surface area (Å²) in [5, 5.41) is 9.22. The summed E-state index contributed by atoms with van der Waals surface area (Å²) in [6, 6.07) is 72.9. The van der Waals surface area contributed by atoms with Gasteiger partial charge in [0.15, 0.2) is 8.07 Å². The fraction of sp³-hybridized carbons (Fsp3) is 0.0690. The maximum absolute atomic E-state index is 3.93. The van der Waals surface area contributed by atoms with E-state index >= 15 is 0 Å². The van der Waals surface area contributed by atoms with Crippen LogP contribution in [-0.2, 0) is 5.41 Å². The van der Waals surface area contributed by atoms with Crippen LogP contribution in [0.2, 0.25) is 0 Å². The van der Waals surface area contributed by atoms with Crippen molar-refractivity contribution in [2.24, 2.45) is 0 Å². The fourth-order valence-corrected chi connectivity index (χ4v) is 15.4. The molecule has 0 unspecified atom stereocenters. The van der Waals surface area contributed by atoms with E-state index < -0.39 is 8.07 Å². The summed E-state index contributed by atoms with van der Waals surface area (Å²) in [6.45, 7) is 10.9. The Morgan fingerprint density at radius 3 is 1.59 bits per heavy atom. The van der Waals surface area contributed by atoms with Crippen LogP contribution in [0.4, 0.5) is 0 Å². The molecule has 292 valence electrons. The summed E-state index contributed by atoms with van der Waals surface area (Å²) >= 11 is 0. The predicted octanol–water partition coefficient (Wildman–Crippen LogP) is 11.9. The van der Waals surface area contributed by atoms with Gasteiger partial charge in [0.2, 0.25) is 0 Å². The Kier molecular flexibility index (Phi) is 8.59. The Labute approximate surface area is 359 Å². The summed E-state index contributed by atoms with van der Waals surface area (Å²) in [5.74, 6) is 0. The number of benzene rings is 8. The van der Waals surface area contributed by atoms with E-state index in [4.69, 9.17) is 0 Å². The zero-order chi connectivity index (χ0) is 41.3. The van der Waals surface area contributed by atoms with Crippen molar-refractivity contribution in [2.45, 2.75) is 26.2 Å². The molecule has 2 nitrogen and oxygen atoms in total. The first-order valence-electron chi connectivity index (χ1n) is 21.3. The molecule has 2 heterocycles. The monoisotopic (exact) mass is 798 g/mol. The molecule has 0 atom stereocenters. The predicted molar refractivity (Wildman–Crippen MR) is 263 cm³/mol. The first-order valence-corrected chi connectivity index (χ1v) is 23.3. The van der Waals surface area contributed by atoms with Crippen LogP contribution in [0, 0.1) is 6.92 Å². The van der Waals surface area contributed by atoms with Crippen molar-refractivity contribution < 1.29 is 0 Å². The zero-order valence-electron chi connectivity index (χ0n) is 34.8. The minimum absolute atomic E-state index is 0.0633. The van der Waals surface area contributed by atoms with E-state index in [9.17, 15) is 0 Å². The SMILES string of the molecule is C=C/C=C\c1c(C)n(-c2ccc([Si](c3ccccc3)(c3ccccc3)c3ccc(-n4c5ccccc5c5cc6c(cc54)-c4ccccc4C6(C)C)cc3)cc2)c2ccccc12. The molecule has 0 saturated carbocycles. The van der Waals surface area contributed by atoms with Gasteiger partial charge in [0.1, 0.15) is 0 Å². The van der Waals surface area contributed by atoms with Gasteiger partial charge in [-0.1, -0.05) is 184 Å². The topological polar surface area (TPSA) is 9.86 Å². The molecule has 0 spiro atoms. The van der Waals surface area contributed by atoms with Crippen molar-refractivity contribution >= 4 is 67.6 Å². The first kappa shape index (κ1) is 36.8. The van der Waals surface area contributed by atoms with Gasteiger partial charge in [-0.05, 0) is 98.5 Å². The summed E-state index contributed by atoms with van der Waals surface area (Å²) in [7, 11) is -2.83. The second-order valence-electron chi connectivity index (χ2n) is 17.0. The molecule has 0 radical (unpaired) electrons. The van der Waals surface area contributed by atoms with Gasteiger partial charge in [0.05, 0.1) is 16.6 Å². The molecular formula is C58H46N2Si. The largest absolute Gasteiger partial charge is 0.313 e. The smallest absolute Gasteiger partial charge is 0.179 e. The molecule has 0 bridgehead atoms. The van der Waals surface area contributed by atoms with Crippen LogP contribution in [0.3, 0.4) is 0 Å². The van der Waals surface area contributed by atoms with Crippen molar-refractivity contribution in [1.82, 2.24) is 9.13 Å². The lowest BCUT2D eigenvalue weighted by atomic mass is 9.82. The molecule has 0 saturated heterocycles. The van der Waals surface area contributed by atoms with Crippen molar-refractivity contribution in [3.05, 3.63) is 235 Å². The minimum atomic E-state index is -2.83. The standard InChI is InChI=1S/C58H46N2Si/c1-5-6-23-47-40(2)59(55-28-17-14-25-49(47)55)41-30-34-45(35-31-41)61(43-19-9-7-10-20-43,44-21-11-8-12-22-44)46-36-32-42(33-37-46)60-56-29-18-15-26-50(56)52-38-54-51(39-57(52)60)48-24-13-16-27-53(48)58(54,3)4/h5-39H,1H2,2-4H3/b23-6-. The minimum Gasteiger partial charge on any atom is -0.313 e. The van der Waals surface area contributed by atoms with Crippen LogP contribution >= 0.6 is 0 Å². The molecule has 3 heteroatoms. The second kappa shape index (κ2) is 14.2. The molecule has 0 fully saturated rings. The first-order chi connectivity index (χ1) is 29.9. The molecule has 0 amide bonds. The van der Waals surface area contributed by atoms with E-state index in [1.807, 2.05) is 12.2 Å². The van der Waals surface area contributed by atoms with Gasteiger partial charge in [-0.15, -0.1) is 0 Å². The molecule has 8 aromatic carbocycles. The Morgan fingerprint density at radius 1 is 0.459 bits per heavy atom. The molecule has 0 aliphatic heterocycles. The second-order valence-corrected chi connectivity index (χ2v) is 20.8. The van der Waals surface area contributed by atoms with Crippen LogP contribution < -0.4 is 20.7 Å². The van der Waals surface area contributed by atoms with Gasteiger partial charge in [-0.2, -0.15) is 0 Å². The molecule has 2 aromatic heterocycles. The van der Waals surface area contributed by atoms with E-state index in [2.05, 4.69) is 237 Å². The average molecular weight is 799 g/mol. The maximum Gasteiger partial charge on any atom is 0.179 e. The van der Waals surface area contributed by atoms with E-state index in [1.165, 1.54) is 87.0 Å². The lowest BCUT2D eigenvalue weighted by Crippen LogP contribution is -2.74. The maximum atomic E-state index is 3.93. The Hall–Kier alpha value is -7.20. The van der Waals surface area contributed by atoms with Crippen molar-refractivity contribution in [2.75, 3.05) is 0 Å². The third-order valence-electron chi connectivity index (χ3n) is 13.5. The number of hydrogen-bond acceptors (Lipinski definition) is 0. The average Bonchev–Trinajstić information content (AvgIpc) is 3.87. The quantitative estimate of drug-likeness (QED) is 0.0823. The van der Waals surface area contributed by atoms with Gasteiger partial charge < -0.3 is 9.13 Å². The van der Waals surface area contributed by atoms with Crippen molar-refractivity contribution in [1.29, 1.82) is 0 Å². The van der Waals surface area contributed by atoms with E-state index in [0.717, 1.165) is 11.4 Å². The lowest BCUT2D eigenvalue weighted by molar-refractivity contribution is 0.661. The number of hydrogen-bond donors (Lipinski definition) is 0. The van der Waals surface area contributed by atoms with Crippen LogP contribution in [0.25, 0.3) is 61.3 Å². The summed E-state index contributed by atoms with van der Waals surface area (Å²) in [5.41, 5.74) is 13.8. The van der Waals surface area contributed by atoms with Gasteiger partial charge >= 0.3 is 0 Å². The van der Waals surface area contributed by atoms with E-state index in [1.54, 1.807) is 0 Å². The highest BCUT2D eigenvalue weighted by Crippen LogP contribution is 2.51. The van der Waals surface area contributed by atoms with Crippen molar-refractivity contribution in [3.63, 3.8) is 0 Å². The molecule has 0 N–H and O–H groups in total. The highest BCUT2D eigenvalue weighted by atomic mass is 28.3.